The number of carbonyl (C=O) groups is 7. The number of hydrogen-bond acceptors (Lipinski definition) is 8. The quantitative estimate of drug-likeness (QED) is 0.124. The highest BCUT2D eigenvalue weighted by atomic mass is 16.4. The molecule has 1 heterocycles. The molecule has 4 amide bonds. The van der Waals surface area contributed by atoms with Crippen LogP contribution in [0.5, 0.6) is 5.75 Å². The Kier molecular flexibility index (Phi) is 13.6. The smallest absolute Gasteiger partial charge is 0.326 e. The molecule has 1 aliphatic rings. The van der Waals surface area contributed by atoms with Crippen LogP contribution in [-0.4, -0.2) is 97.6 Å². The molecule has 1 aromatic rings. The number of aromatic hydroxyl groups is 1. The highest BCUT2D eigenvalue weighted by Gasteiger charge is 2.40. The number of carboxylic acid groups (broad SMARTS) is 3. The van der Waals surface area contributed by atoms with Gasteiger partial charge in [-0.15, -0.1) is 0 Å². The lowest BCUT2D eigenvalue weighted by Gasteiger charge is -2.31. The van der Waals surface area contributed by atoms with Crippen LogP contribution >= 0.6 is 0 Å². The van der Waals surface area contributed by atoms with Crippen molar-refractivity contribution in [3.05, 3.63) is 29.8 Å². The van der Waals surface area contributed by atoms with Gasteiger partial charge >= 0.3 is 17.9 Å². The normalized spacial score (nSPS) is 17.0. The van der Waals surface area contributed by atoms with Crippen molar-refractivity contribution in [3.63, 3.8) is 0 Å². The molecule has 0 aliphatic carbocycles. The van der Waals surface area contributed by atoms with Gasteiger partial charge in [-0.2, -0.15) is 0 Å². The van der Waals surface area contributed by atoms with Crippen LogP contribution in [0.15, 0.2) is 24.3 Å². The molecule has 0 bridgehead atoms. The summed E-state index contributed by atoms with van der Waals surface area (Å²) in [5.74, 6) is -7.13. The summed E-state index contributed by atoms with van der Waals surface area (Å²) in [4.78, 5) is 87.9. The van der Waals surface area contributed by atoms with Gasteiger partial charge in [0.2, 0.25) is 23.6 Å². The van der Waals surface area contributed by atoms with Gasteiger partial charge < -0.3 is 41.3 Å². The van der Waals surface area contributed by atoms with Crippen molar-refractivity contribution in [3.8, 4) is 5.75 Å². The zero-order valence-corrected chi connectivity index (χ0v) is 24.7. The third kappa shape index (κ3) is 10.9. The minimum absolute atomic E-state index is 0.0393. The monoisotopic (exact) mass is 620 g/mol. The van der Waals surface area contributed by atoms with Crippen molar-refractivity contribution in [2.75, 3.05) is 6.54 Å². The minimum atomic E-state index is -1.41. The van der Waals surface area contributed by atoms with E-state index in [1.165, 1.54) is 29.2 Å². The second-order valence-electron chi connectivity index (χ2n) is 10.8. The number of phenolic OH excluding ortho intramolecular Hbond substituents is 1. The molecule has 0 spiro atoms. The number of nitrogens with one attached hydrogen (secondary N) is 3. The first kappa shape index (κ1) is 35.5. The number of amides is 4. The van der Waals surface area contributed by atoms with Gasteiger partial charge in [-0.25, -0.2) is 4.79 Å². The Balaban J connectivity index is 2.28. The molecule has 15 heteroatoms. The number of carboxylic acids is 3. The number of phenols is 1. The third-order valence-electron chi connectivity index (χ3n) is 7.47. The number of rotatable bonds is 17. The Hall–Kier alpha value is -4.69. The lowest BCUT2D eigenvalue weighted by molar-refractivity contribution is -0.146. The molecule has 5 atom stereocenters. The Morgan fingerprint density at radius 1 is 0.886 bits per heavy atom. The highest BCUT2D eigenvalue weighted by molar-refractivity contribution is 5.95. The lowest BCUT2D eigenvalue weighted by Crippen LogP contribution is -2.58. The largest absolute Gasteiger partial charge is 0.508 e. The van der Waals surface area contributed by atoms with Crippen molar-refractivity contribution in [2.24, 2.45) is 5.92 Å². The van der Waals surface area contributed by atoms with Crippen LogP contribution in [-0.2, 0) is 40.0 Å². The van der Waals surface area contributed by atoms with E-state index >= 15 is 0 Å². The molecule has 1 aliphatic heterocycles. The molecule has 15 nitrogen and oxygen atoms in total. The van der Waals surface area contributed by atoms with Crippen LogP contribution in [0, 0.1) is 5.92 Å². The molecular weight excluding hydrogens is 580 g/mol. The maximum atomic E-state index is 13.7. The molecule has 1 aromatic carbocycles. The predicted octanol–water partition coefficient (Wildman–Crippen LogP) is 0.240. The molecule has 242 valence electrons. The first-order valence-corrected chi connectivity index (χ1v) is 14.4. The van der Waals surface area contributed by atoms with Gasteiger partial charge in [0.05, 0.1) is 6.42 Å². The fraction of sp³-hybridized carbons (Fsp3) is 0.552. The zero-order chi connectivity index (χ0) is 33.0. The van der Waals surface area contributed by atoms with E-state index in [-0.39, 0.29) is 37.5 Å². The average molecular weight is 621 g/mol. The summed E-state index contributed by atoms with van der Waals surface area (Å²) in [6.07, 6.45) is -0.747. The summed E-state index contributed by atoms with van der Waals surface area (Å²) >= 11 is 0. The Morgan fingerprint density at radius 3 is 2.09 bits per heavy atom. The Labute approximate surface area is 254 Å². The van der Waals surface area contributed by atoms with Crippen LogP contribution in [0.3, 0.4) is 0 Å². The van der Waals surface area contributed by atoms with Gasteiger partial charge in [-0.1, -0.05) is 32.4 Å². The number of benzene rings is 1. The Bertz CT molecular complexity index is 1220. The molecule has 1 saturated heterocycles. The third-order valence-corrected chi connectivity index (χ3v) is 7.47. The molecule has 1 fully saturated rings. The molecule has 0 radical (unpaired) electrons. The molecule has 0 unspecified atom stereocenters. The van der Waals surface area contributed by atoms with Gasteiger partial charge in [-0.05, 0) is 42.9 Å². The molecule has 2 rings (SSSR count). The number of likely N-dealkylation sites (tertiary alicyclic amines) is 1. The molecule has 44 heavy (non-hydrogen) atoms. The Morgan fingerprint density at radius 2 is 1.52 bits per heavy atom. The number of carbonyl (C=O) groups excluding carboxylic acids is 4. The molecule has 7 N–H and O–H groups in total. The molecule has 0 aromatic heterocycles. The molecule has 0 saturated carbocycles. The fourth-order valence-electron chi connectivity index (χ4n) is 4.80. The number of aliphatic carboxylic acids is 3. The van der Waals surface area contributed by atoms with Crippen molar-refractivity contribution < 1.29 is 54.0 Å². The van der Waals surface area contributed by atoms with Crippen molar-refractivity contribution >= 4 is 41.5 Å². The summed E-state index contributed by atoms with van der Waals surface area (Å²) < 4.78 is 0. The van der Waals surface area contributed by atoms with E-state index in [0.29, 0.717) is 18.4 Å². The summed E-state index contributed by atoms with van der Waals surface area (Å²) in [5.41, 5.74) is 0.514. The van der Waals surface area contributed by atoms with Crippen molar-refractivity contribution in [1.82, 2.24) is 20.9 Å². The van der Waals surface area contributed by atoms with Gasteiger partial charge in [-0.3, -0.25) is 28.8 Å². The van der Waals surface area contributed by atoms with Crippen LogP contribution in [0.1, 0.15) is 64.4 Å². The minimum Gasteiger partial charge on any atom is -0.508 e. The molecular formula is C29H40N4O11. The number of nitrogens with zero attached hydrogens (tertiary/aromatic N) is 1. The van der Waals surface area contributed by atoms with E-state index < -0.39 is 85.0 Å². The van der Waals surface area contributed by atoms with Crippen LogP contribution < -0.4 is 16.0 Å². The second kappa shape index (κ2) is 16.8. The zero-order valence-electron chi connectivity index (χ0n) is 24.7. The highest BCUT2D eigenvalue weighted by Crippen LogP contribution is 2.21. The first-order valence-electron chi connectivity index (χ1n) is 14.4. The summed E-state index contributed by atoms with van der Waals surface area (Å²) in [6.45, 7) is 3.56. The van der Waals surface area contributed by atoms with Crippen LogP contribution in [0.2, 0.25) is 0 Å². The maximum Gasteiger partial charge on any atom is 0.326 e. The SMILES string of the molecule is CC[C@H](C)[C@H](NC(=O)[C@@H]1CCCN1C(=O)[C@H](CCC(=O)O)NC(=O)[C@H](Cc1ccc(O)cc1)NC(=O)CCC(=O)O)C(=O)O. The maximum absolute atomic E-state index is 13.7. The number of hydrogen-bond donors (Lipinski definition) is 7. The van der Waals surface area contributed by atoms with Gasteiger partial charge in [0.25, 0.3) is 0 Å². The van der Waals surface area contributed by atoms with Crippen LogP contribution in [0.25, 0.3) is 0 Å². The van der Waals surface area contributed by atoms with Gasteiger partial charge in [0.1, 0.15) is 29.9 Å². The fourth-order valence-corrected chi connectivity index (χ4v) is 4.80. The topological polar surface area (TPSA) is 240 Å². The van der Waals surface area contributed by atoms with Gasteiger partial charge in [0.15, 0.2) is 0 Å². The average Bonchev–Trinajstić information content (AvgIpc) is 3.46. The van der Waals surface area contributed by atoms with E-state index in [0.717, 1.165) is 0 Å². The van der Waals surface area contributed by atoms with E-state index in [2.05, 4.69) is 16.0 Å². The van der Waals surface area contributed by atoms with Gasteiger partial charge in [0, 0.05) is 25.8 Å². The van der Waals surface area contributed by atoms with E-state index in [1.54, 1.807) is 13.8 Å². The predicted molar refractivity (Wildman–Crippen MR) is 153 cm³/mol. The van der Waals surface area contributed by atoms with E-state index in [4.69, 9.17) is 5.11 Å². The van der Waals surface area contributed by atoms with Crippen molar-refractivity contribution in [2.45, 2.75) is 89.4 Å². The van der Waals surface area contributed by atoms with E-state index in [1.807, 2.05) is 0 Å². The summed E-state index contributed by atoms with van der Waals surface area (Å²) in [7, 11) is 0. The van der Waals surface area contributed by atoms with Crippen molar-refractivity contribution in [1.29, 1.82) is 0 Å². The summed E-state index contributed by atoms with van der Waals surface area (Å²) in [6, 6.07) is 0.807. The van der Waals surface area contributed by atoms with E-state index in [9.17, 15) is 48.9 Å². The standard InChI is InChI=1S/C29H40N4O11/c1-3-16(2)25(29(43)44)32-27(41)21-5-4-14-33(21)28(42)19(10-12-23(36)37)31-26(40)20(30-22(35)11-13-24(38)39)15-17-6-8-18(34)9-7-17/h6-9,16,19-21,25,34H,3-5,10-15H2,1-2H3,(H,30,35)(H,31,40)(H,32,41)(H,36,37)(H,38,39)(H,43,44)/t16-,19-,20-,21-,25-/m0/s1. The second-order valence-corrected chi connectivity index (χ2v) is 10.8. The summed E-state index contributed by atoms with van der Waals surface area (Å²) in [5, 5.41) is 44.8. The lowest BCUT2D eigenvalue weighted by atomic mass is 9.98. The first-order chi connectivity index (χ1) is 20.7. The van der Waals surface area contributed by atoms with Crippen LogP contribution in [0.4, 0.5) is 0 Å².